The third kappa shape index (κ3) is 4.53. The summed E-state index contributed by atoms with van der Waals surface area (Å²) < 4.78 is 6.02. The molecule has 0 saturated carbocycles. The van der Waals surface area contributed by atoms with Crippen molar-refractivity contribution in [3.05, 3.63) is 83.4 Å². The van der Waals surface area contributed by atoms with Crippen LogP contribution in [0, 0.1) is 6.92 Å². The van der Waals surface area contributed by atoms with Crippen molar-refractivity contribution in [2.75, 3.05) is 42.5 Å². The SMILES string of the molecule is Cc1cc(CCN2CCN(c3nsc4ccccc34)CC2)cc2c1N(c1ccccc1)C(=O)CC2(C)C. The summed E-state index contributed by atoms with van der Waals surface area (Å²) >= 11 is 1.60. The van der Waals surface area contributed by atoms with Gasteiger partial charge in [-0.25, -0.2) is 0 Å². The first-order valence-corrected chi connectivity index (χ1v) is 14.0. The number of aromatic nitrogens is 1. The number of hydrogen-bond acceptors (Lipinski definition) is 5. The van der Waals surface area contributed by atoms with Gasteiger partial charge in [-0.3, -0.25) is 14.6 Å². The normalized spacial score (nSPS) is 17.9. The topological polar surface area (TPSA) is 39.7 Å². The molecule has 4 aromatic rings. The zero-order valence-electron chi connectivity index (χ0n) is 21.9. The lowest BCUT2D eigenvalue weighted by Gasteiger charge is -2.40. The zero-order valence-corrected chi connectivity index (χ0v) is 22.7. The Balaban J connectivity index is 1.17. The van der Waals surface area contributed by atoms with Gasteiger partial charge in [0.05, 0.1) is 10.4 Å². The van der Waals surface area contributed by atoms with E-state index in [0.29, 0.717) is 6.42 Å². The molecule has 0 N–H and O–H groups in total. The third-order valence-corrected chi connectivity index (χ3v) is 8.73. The Kier molecular flexibility index (Phi) is 6.25. The summed E-state index contributed by atoms with van der Waals surface area (Å²) in [5, 5.41) is 1.27. The Hall–Kier alpha value is -3.22. The molecular weight excluding hydrogens is 476 g/mol. The molecule has 1 amide bonds. The van der Waals surface area contributed by atoms with Gasteiger partial charge in [-0.2, -0.15) is 4.37 Å². The number of rotatable bonds is 5. The Morgan fingerprint density at radius 1 is 0.946 bits per heavy atom. The number of nitrogens with zero attached hydrogens (tertiary/aromatic N) is 4. The second-order valence-electron chi connectivity index (χ2n) is 11.0. The van der Waals surface area contributed by atoms with Crippen LogP contribution in [-0.2, 0) is 16.6 Å². The van der Waals surface area contributed by atoms with E-state index in [1.807, 2.05) is 35.2 Å². The summed E-state index contributed by atoms with van der Waals surface area (Å²) in [6.07, 6.45) is 1.54. The van der Waals surface area contributed by atoms with Crippen molar-refractivity contribution in [2.24, 2.45) is 0 Å². The van der Waals surface area contributed by atoms with Gasteiger partial charge in [-0.1, -0.05) is 56.3 Å². The largest absolute Gasteiger partial charge is 0.353 e. The highest BCUT2D eigenvalue weighted by molar-refractivity contribution is 7.13. The number of carbonyl (C=O) groups is 1. The zero-order chi connectivity index (χ0) is 25.6. The maximum absolute atomic E-state index is 13.2. The van der Waals surface area contributed by atoms with Crippen molar-refractivity contribution in [1.29, 1.82) is 0 Å². The number of fused-ring (bicyclic) bond motifs is 2. The molecule has 2 aliphatic heterocycles. The molecule has 1 aromatic heterocycles. The molecule has 0 aliphatic carbocycles. The smallest absolute Gasteiger partial charge is 0.232 e. The van der Waals surface area contributed by atoms with Crippen molar-refractivity contribution in [2.45, 2.75) is 39.0 Å². The van der Waals surface area contributed by atoms with Gasteiger partial charge in [0.15, 0.2) is 0 Å². The molecular formula is C31H34N4OS. The second kappa shape index (κ2) is 9.58. The fourth-order valence-electron chi connectivity index (χ4n) is 5.91. The fourth-order valence-corrected chi connectivity index (χ4v) is 6.71. The number of carbonyl (C=O) groups excluding carboxylic acids is 1. The standard InChI is InChI=1S/C31H34N4OS/c1-22-19-23(20-26-29(22)35(24-9-5-4-6-10-24)28(36)21-31(26,2)3)13-14-33-15-17-34(18-16-33)30-25-11-7-8-12-27(25)37-32-30/h4-12,19-20H,13-18,21H2,1-3H3. The van der Waals surface area contributed by atoms with Crippen LogP contribution in [0.1, 0.15) is 37.0 Å². The molecule has 0 bridgehead atoms. The molecule has 190 valence electrons. The minimum atomic E-state index is -0.180. The first-order valence-electron chi connectivity index (χ1n) is 13.2. The average Bonchev–Trinajstić information content (AvgIpc) is 3.33. The summed E-state index contributed by atoms with van der Waals surface area (Å²) in [6, 6.07) is 23.3. The Morgan fingerprint density at radius 2 is 1.68 bits per heavy atom. The number of piperazine rings is 1. The van der Waals surface area contributed by atoms with Crippen LogP contribution in [0.25, 0.3) is 10.1 Å². The minimum absolute atomic E-state index is 0.172. The predicted octanol–water partition coefficient (Wildman–Crippen LogP) is 6.32. The highest BCUT2D eigenvalue weighted by Crippen LogP contribution is 2.45. The molecule has 2 aliphatic rings. The number of aryl methyl sites for hydroxylation is 1. The van der Waals surface area contributed by atoms with E-state index in [-0.39, 0.29) is 11.3 Å². The monoisotopic (exact) mass is 510 g/mol. The number of benzene rings is 3. The fraction of sp³-hybridized carbons (Fsp3) is 0.355. The molecule has 0 unspecified atom stereocenters. The van der Waals surface area contributed by atoms with Crippen LogP contribution in [0.4, 0.5) is 17.2 Å². The summed E-state index contributed by atoms with van der Waals surface area (Å²) in [5.41, 5.74) is 5.66. The van der Waals surface area contributed by atoms with Gasteiger partial charge in [-0.05, 0) is 65.8 Å². The Morgan fingerprint density at radius 3 is 2.46 bits per heavy atom. The van der Waals surface area contributed by atoms with Gasteiger partial charge < -0.3 is 4.90 Å². The molecule has 6 heteroatoms. The number of para-hydroxylation sites is 1. The van der Waals surface area contributed by atoms with E-state index in [4.69, 9.17) is 4.37 Å². The van der Waals surface area contributed by atoms with Crippen molar-refractivity contribution in [1.82, 2.24) is 9.27 Å². The van der Waals surface area contributed by atoms with E-state index in [1.54, 1.807) is 11.5 Å². The molecule has 1 saturated heterocycles. The van der Waals surface area contributed by atoms with Crippen molar-refractivity contribution in [3.63, 3.8) is 0 Å². The lowest BCUT2D eigenvalue weighted by Crippen LogP contribution is -2.47. The van der Waals surface area contributed by atoms with E-state index in [2.05, 4.69) is 67.0 Å². The summed E-state index contributed by atoms with van der Waals surface area (Å²) in [7, 11) is 0. The number of hydrogen-bond donors (Lipinski definition) is 0. The first kappa shape index (κ1) is 24.1. The summed E-state index contributed by atoms with van der Waals surface area (Å²) in [4.78, 5) is 20.2. The van der Waals surface area contributed by atoms with E-state index in [1.165, 1.54) is 26.8 Å². The summed E-state index contributed by atoms with van der Waals surface area (Å²) in [5.74, 6) is 1.32. The van der Waals surface area contributed by atoms with Crippen LogP contribution in [0.5, 0.6) is 0 Å². The molecule has 6 rings (SSSR count). The van der Waals surface area contributed by atoms with Crippen LogP contribution >= 0.6 is 11.5 Å². The lowest BCUT2D eigenvalue weighted by atomic mass is 9.75. The molecule has 37 heavy (non-hydrogen) atoms. The van der Waals surface area contributed by atoms with Crippen molar-refractivity contribution in [3.8, 4) is 0 Å². The molecule has 0 radical (unpaired) electrons. The van der Waals surface area contributed by atoms with E-state index >= 15 is 0 Å². The first-order chi connectivity index (χ1) is 17.9. The lowest BCUT2D eigenvalue weighted by molar-refractivity contribution is -0.119. The maximum atomic E-state index is 13.2. The number of anilines is 3. The van der Waals surface area contributed by atoms with E-state index in [0.717, 1.165) is 56.3 Å². The van der Waals surface area contributed by atoms with Crippen molar-refractivity contribution >= 4 is 44.7 Å². The maximum Gasteiger partial charge on any atom is 0.232 e. The van der Waals surface area contributed by atoms with Gasteiger partial charge in [0.25, 0.3) is 0 Å². The Labute approximate surface area is 223 Å². The van der Waals surface area contributed by atoms with Crippen LogP contribution < -0.4 is 9.80 Å². The third-order valence-electron chi connectivity index (χ3n) is 7.92. The molecule has 3 aromatic carbocycles. The summed E-state index contributed by atoms with van der Waals surface area (Å²) in [6.45, 7) is 11.7. The Bertz CT molecular complexity index is 1440. The highest BCUT2D eigenvalue weighted by Gasteiger charge is 2.38. The van der Waals surface area contributed by atoms with Gasteiger partial charge in [0.2, 0.25) is 5.91 Å². The van der Waals surface area contributed by atoms with Crippen LogP contribution in [0.2, 0.25) is 0 Å². The molecule has 0 spiro atoms. The van der Waals surface area contributed by atoms with Gasteiger partial charge >= 0.3 is 0 Å². The minimum Gasteiger partial charge on any atom is -0.353 e. The quantitative estimate of drug-likeness (QED) is 0.315. The van der Waals surface area contributed by atoms with E-state index < -0.39 is 0 Å². The number of amides is 1. The van der Waals surface area contributed by atoms with Gasteiger partial charge in [0, 0.05) is 55.6 Å². The molecule has 5 nitrogen and oxygen atoms in total. The van der Waals surface area contributed by atoms with E-state index in [9.17, 15) is 4.79 Å². The van der Waals surface area contributed by atoms with Crippen molar-refractivity contribution < 1.29 is 4.79 Å². The van der Waals surface area contributed by atoms with Crippen LogP contribution in [0.15, 0.2) is 66.7 Å². The van der Waals surface area contributed by atoms with Crippen LogP contribution in [-0.4, -0.2) is 47.9 Å². The second-order valence-corrected chi connectivity index (χ2v) is 11.8. The van der Waals surface area contributed by atoms with Gasteiger partial charge in [0.1, 0.15) is 5.82 Å². The molecule has 0 atom stereocenters. The highest BCUT2D eigenvalue weighted by atomic mass is 32.1. The molecule has 3 heterocycles. The molecule has 1 fully saturated rings. The average molecular weight is 511 g/mol. The predicted molar refractivity (Wildman–Crippen MR) is 154 cm³/mol. The van der Waals surface area contributed by atoms with Crippen LogP contribution in [0.3, 0.4) is 0 Å². The van der Waals surface area contributed by atoms with Gasteiger partial charge in [-0.15, -0.1) is 0 Å².